The van der Waals surface area contributed by atoms with Crippen molar-refractivity contribution in [3.05, 3.63) is 23.3 Å². The molecule has 0 heterocycles. The molecule has 0 fully saturated rings. The lowest BCUT2D eigenvalue weighted by Gasteiger charge is -2.18. The summed E-state index contributed by atoms with van der Waals surface area (Å²) in [5, 5.41) is 26.3. The van der Waals surface area contributed by atoms with Crippen molar-refractivity contribution >= 4 is 11.8 Å². The van der Waals surface area contributed by atoms with Crippen LogP contribution >= 0.6 is 0 Å². The Morgan fingerprint density at radius 2 is 1.72 bits per heavy atom. The van der Waals surface area contributed by atoms with Crippen molar-refractivity contribution in [3.63, 3.8) is 0 Å². The number of rotatable bonds is 2. The Morgan fingerprint density at radius 3 is 1.94 bits per heavy atom. The zero-order valence-corrected chi connectivity index (χ0v) is 11.1. The summed E-state index contributed by atoms with van der Waals surface area (Å²) >= 11 is 0. The molecule has 1 aromatic carbocycles. The summed E-state index contributed by atoms with van der Waals surface area (Å²) < 4.78 is 0. The molecule has 1 rings (SSSR count). The highest BCUT2D eigenvalue weighted by molar-refractivity contribution is 5.64. The Balaban J connectivity index is 0.000000411. The third-order valence-corrected chi connectivity index (χ3v) is 2.15. The smallest absolute Gasteiger partial charge is 0.406 e. The highest BCUT2D eigenvalue weighted by atomic mass is 16.4. The van der Waals surface area contributed by atoms with E-state index in [4.69, 9.17) is 10.2 Å². The Labute approximate surface area is 106 Å². The van der Waals surface area contributed by atoms with Gasteiger partial charge in [-0.25, -0.2) is 4.79 Å². The van der Waals surface area contributed by atoms with E-state index >= 15 is 0 Å². The van der Waals surface area contributed by atoms with Crippen molar-refractivity contribution in [3.8, 4) is 5.75 Å². The second-order valence-corrected chi connectivity index (χ2v) is 3.96. The van der Waals surface area contributed by atoms with Gasteiger partial charge >= 0.3 is 6.09 Å². The van der Waals surface area contributed by atoms with E-state index in [1.807, 2.05) is 27.9 Å². The average Bonchev–Trinajstić information content (AvgIpc) is 2.15. The molecule has 0 bridgehead atoms. The van der Waals surface area contributed by atoms with Gasteiger partial charge in [-0.05, 0) is 37.1 Å². The molecule has 1 aromatic rings. The first-order valence-corrected chi connectivity index (χ1v) is 5.34. The molecule has 0 saturated heterocycles. The summed E-state index contributed by atoms with van der Waals surface area (Å²) in [4.78, 5) is 11.4. The number of hydrogen-bond acceptors (Lipinski definition) is 4. The van der Waals surface area contributed by atoms with Crippen LogP contribution in [0.3, 0.4) is 0 Å². The fourth-order valence-electron chi connectivity index (χ4n) is 1.71. The number of amides is 1. The minimum atomic E-state index is -1.21. The van der Waals surface area contributed by atoms with Gasteiger partial charge in [0.1, 0.15) is 12.5 Å². The Kier molecular flexibility index (Phi) is 6.59. The van der Waals surface area contributed by atoms with E-state index in [9.17, 15) is 9.90 Å². The molecule has 6 heteroatoms. The molecule has 0 unspecified atom stereocenters. The van der Waals surface area contributed by atoms with Crippen molar-refractivity contribution in [1.82, 2.24) is 5.32 Å². The molecule has 0 spiro atoms. The van der Waals surface area contributed by atoms with Crippen LogP contribution in [0.15, 0.2) is 12.1 Å². The normalized spacial score (nSPS) is 9.17. The monoisotopic (exact) mass is 256 g/mol. The fourth-order valence-corrected chi connectivity index (χ4v) is 1.71. The topological polar surface area (TPSA) is 93.0 Å². The summed E-state index contributed by atoms with van der Waals surface area (Å²) in [6, 6.07) is 3.56. The van der Waals surface area contributed by atoms with E-state index in [1.54, 1.807) is 17.4 Å². The highest BCUT2D eigenvalue weighted by Crippen LogP contribution is 2.27. The number of aromatic hydroxyl groups is 1. The van der Waals surface area contributed by atoms with Gasteiger partial charge in [0.15, 0.2) is 0 Å². The summed E-state index contributed by atoms with van der Waals surface area (Å²) in [7, 11) is 4.01. The number of aliphatic hydroxyl groups is 1. The van der Waals surface area contributed by atoms with Crippen LogP contribution in [0.5, 0.6) is 5.75 Å². The SMILES string of the molecule is Cc1cc(O)cc(C)c1N(C)C.O=C(O)NCO. The molecule has 0 aliphatic carbocycles. The summed E-state index contributed by atoms with van der Waals surface area (Å²) in [5.74, 6) is 0.343. The molecule has 0 aliphatic rings. The molecule has 0 saturated carbocycles. The first-order valence-electron chi connectivity index (χ1n) is 5.34. The standard InChI is InChI=1S/C10H15NO.C2H5NO3/c1-7-5-9(12)6-8(2)10(7)11(3)4;4-1-3-2(5)6/h5-6,12H,1-4H3;3-4H,1H2,(H,5,6). The maximum atomic E-state index is 9.33. The van der Waals surface area contributed by atoms with Crippen LogP contribution in [0.25, 0.3) is 0 Å². The lowest BCUT2D eigenvalue weighted by Crippen LogP contribution is -2.20. The molecule has 18 heavy (non-hydrogen) atoms. The number of nitrogens with zero attached hydrogens (tertiary/aromatic N) is 1. The molecule has 0 aromatic heterocycles. The number of phenolic OH excluding ortho intramolecular Hbond substituents is 1. The first-order chi connectivity index (χ1) is 8.29. The van der Waals surface area contributed by atoms with E-state index < -0.39 is 12.8 Å². The zero-order valence-electron chi connectivity index (χ0n) is 11.1. The molecule has 0 atom stereocenters. The molecule has 0 aliphatic heterocycles. The minimum Gasteiger partial charge on any atom is -0.508 e. The van der Waals surface area contributed by atoms with Crippen LogP contribution in [-0.2, 0) is 0 Å². The van der Waals surface area contributed by atoms with Gasteiger partial charge in [0.2, 0.25) is 0 Å². The number of carbonyl (C=O) groups is 1. The van der Waals surface area contributed by atoms with Crippen LogP contribution in [0.2, 0.25) is 0 Å². The molecule has 0 radical (unpaired) electrons. The summed E-state index contributed by atoms with van der Waals surface area (Å²) in [5.41, 5.74) is 3.41. The van der Waals surface area contributed by atoms with Gasteiger partial charge in [0.05, 0.1) is 0 Å². The quantitative estimate of drug-likeness (QED) is 0.598. The number of carboxylic acid groups (broad SMARTS) is 1. The van der Waals surface area contributed by atoms with Crippen LogP contribution in [0.4, 0.5) is 10.5 Å². The van der Waals surface area contributed by atoms with Crippen molar-refractivity contribution in [1.29, 1.82) is 0 Å². The van der Waals surface area contributed by atoms with E-state index in [-0.39, 0.29) is 0 Å². The van der Waals surface area contributed by atoms with Crippen molar-refractivity contribution in [2.75, 3.05) is 25.7 Å². The number of hydrogen-bond donors (Lipinski definition) is 4. The fraction of sp³-hybridized carbons (Fsp3) is 0.417. The number of anilines is 1. The second kappa shape index (κ2) is 7.39. The van der Waals surface area contributed by atoms with E-state index in [1.165, 1.54) is 5.69 Å². The molecule has 4 N–H and O–H groups in total. The lowest BCUT2D eigenvalue weighted by molar-refractivity contribution is 0.176. The maximum Gasteiger partial charge on any atom is 0.406 e. The molecular formula is C12H20N2O4. The van der Waals surface area contributed by atoms with Gasteiger partial charge in [-0.3, -0.25) is 5.32 Å². The lowest BCUT2D eigenvalue weighted by atomic mass is 10.1. The first kappa shape index (κ1) is 16.1. The predicted molar refractivity (Wildman–Crippen MR) is 70.2 cm³/mol. The average molecular weight is 256 g/mol. The van der Waals surface area contributed by atoms with E-state index in [0.717, 1.165) is 11.1 Å². The van der Waals surface area contributed by atoms with Gasteiger partial charge in [0.25, 0.3) is 0 Å². The van der Waals surface area contributed by atoms with Gasteiger partial charge < -0.3 is 20.2 Å². The third-order valence-electron chi connectivity index (χ3n) is 2.15. The zero-order chi connectivity index (χ0) is 14.3. The third kappa shape index (κ3) is 5.40. The number of nitrogens with one attached hydrogen (secondary N) is 1. The number of aryl methyl sites for hydroxylation is 2. The van der Waals surface area contributed by atoms with Crippen molar-refractivity contribution < 1.29 is 20.1 Å². The number of phenols is 1. The van der Waals surface area contributed by atoms with Crippen LogP contribution in [0, 0.1) is 13.8 Å². The number of benzene rings is 1. The molecule has 6 nitrogen and oxygen atoms in total. The van der Waals surface area contributed by atoms with Crippen LogP contribution < -0.4 is 10.2 Å². The summed E-state index contributed by atoms with van der Waals surface area (Å²) in [6.45, 7) is 3.49. The Hall–Kier alpha value is -1.95. The maximum absolute atomic E-state index is 9.33. The Morgan fingerprint density at radius 1 is 1.28 bits per heavy atom. The van der Waals surface area contributed by atoms with Gasteiger partial charge in [0, 0.05) is 19.8 Å². The molecular weight excluding hydrogens is 236 g/mol. The predicted octanol–water partition coefficient (Wildman–Crippen LogP) is 1.28. The number of aliphatic hydroxyl groups excluding tert-OH is 1. The van der Waals surface area contributed by atoms with Crippen LogP contribution in [-0.4, -0.2) is 42.2 Å². The largest absolute Gasteiger partial charge is 0.508 e. The van der Waals surface area contributed by atoms with Gasteiger partial charge in [-0.1, -0.05) is 0 Å². The van der Waals surface area contributed by atoms with Gasteiger partial charge in [-0.2, -0.15) is 0 Å². The molecule has 102 valence electrons. The van der Waals surface area contributed by atoms with E-state index in [0.29, 0.717) is 5.75 Å². The van der Waals surface area contributed by atoms with Crippen LogP contribution in [0.1, 0.15) is 11.1 Å². The van der Waals surface area contributed by atoms with Crippen molar-refractivity contribution in [2.24, 2.45) is 0 Å². The van der Waals surface area contributed by atoms with Crippen molar-refractivity contribution in [2.45, 2.75) is 13.8 Å². The molecule has 1 amide bonds. The highest BCUT2D eigenvalue weighted by Gasteiger charge is 2.05. The van der Waals surface area contributed by atoms with Gasteiger partial charge in [-0.15, -0.1) is 0 Å². The second-order valence-electron chi connectivity index (χ2n) is 3.96. The minimum absolute atomic E-state index is 0.343. The Bertz CT molecular complexity index is 382. The van der Waals surface area contributed by atoms with E-state index in [2.05, 4.69) is 4.90 Å². The summed E-state index contributed by atoms with van der Waals surface area (Å²) in [6.07, 6.45) is -1.21.